The molecule has 0 unspecified atom stereocenters. The van der Waals surface area contributed by atoms with E-state index >= 15 is 0 Å². The van der Waals surface area contributed by atoms with Crippen LogP contribution in [0.15, 0.2) is 10.5 Å². The van der Waals surface area contributed by atoms with Crippen LogP contribution in [-0.4, -0.2) is 31.7 Å². The number of amides is 1. The Bertz CT molecular complexity index is 761. The molecule has 0 radical (unpaired) electrons. The van der Waals surface area contributed by atoms with Crippen LogP contribution in [0, 0.1) is 18.3 Å². The molecule has 140 valence electrons. The molecule has 1 fully saturated rings. The summed E-state index contributed by atoms with van der Waals surface area (Å²) >= 11 is 0. The van der Waals surface area contributed by atoms with E-state index in [1.165, 1.54) is 4.31 Å². The van der Waals surface area contributed by atoms with E-state index in [1.54, 1.807) is 0 Å². The van der Waals surface area contributed by atoms with E-state index in [0.717, 1.165) is 29.9 Å². The Balaban J connectivity index is 1.67. The van der Waals surface area contributed by atoms with E-state index in [9.17, 15) is 13.2 Å². The summed E-state index contributed by atoms with van der Waals surface area (Å²) in [6.45, 7) is 6.87. The van der Waals surface area contributed by atoms with E-state index in [4.69, 9.17) is 9.56 Å². The van der Waals surface area contributed by atoms with Crippen molar-refractivity contribution in [1.29, 1.82) is 0 Å². The summed E-state index contributed by atoms with van der Waals surface area (Å²) in [5.74, 6) is 1.63. The number of nitrogens with two attached hydrogens (primary N) is 1. The number of hydrogen-bond acceptors (Lipinski definition) is 4. The lowest BCUT2D eigenvalue weighted by Crippen LogP contribution is -2.46. The third-order valence-electron chi connectivity index (χ3n) is 5.24. The molecule has 3 N–H and O–H groups in total. The molecule has 1 aromatic rings. The highest BCUT2D eigenvalue weighted by Crippen LogP contribution is 2.42. The summed E-state index contributed by atoms with van der Waals surface area (Å²) in [5, 5.41) is 8.32. The van der Waals surface area contributed by atoms with Gasteiger partial charge in [-0.2, -0.15) is 12.7 Å². The quantitative estimate of drug-likeness (QED) is 0.844. The maximum Gasteiger partial charge on any atom is 0.276 e. The minimum Gasteiger partial charge on any atom is -0.466 e. The number of aryl methyl sites for hydroxylation is 1. The van der Waals surface area contributed by atoms with Gasteiger partial charge in [-0.1, -0.05) is 13.8 Å². The van der Waals surface area contributed by atoms with Gasteiger partial charge >= 0.3 is 0 Å². The fraction of sp³-hybridized carbons (Fsp3) is 0.706. The van der Waals surface area contributed by atoms with Crippen molar-refractivity contribution in [2.75, 3.05) is 13.1 Å². The maximum absolute atomic E-state index is 12.7. The smallest absolute Gasteiger partial charge is 0.276 e. The molecule has 0 spiro atoms. The van der Waals surface area contributed by atoms with E-state index in [-0.39, 0.29) is 23.3 Å². The molecule has 0 saturated carbocycles. The van der Waals surface area contributed by atoms with Crippen LogP contribution in [-0.2, 0) is 21.4 Å². The first-order chi connectivity index (χ1) is 11.5. The molecule has 7 nitrogen and oxygen atoms in total. The highest BCUT2D eigenvalue weighted by atomic mass is 32.2. The van der Waals surface area contributed by atoms with Gasteiger partial charge in [0.2, 0.25) is 5.91 Å². The molecule has 3 rings (SSSR count). The first-order valence-corrected chi connectivity index (χ1v) is 10.2. The summed E-state index contributed by atoms with van der Waals surface area (Å²) in [4.78, 5) is 12.7. The lowest BCUT2D eigenvalue weighted by molar-refractivity contribution is -0.127. The van der Waals surface area contributed by atoms with E-state index in [2.05, 4.69) is 19.2 Å². The van der Waals surface area contributed by atoms with Gasteiger partial charge in [0.05, 0.1) is 6.04 Å². The zero-order valence-corrected chi connectivity index (χ0v) is 15.9. The molecule has 2 heterocycles. The summed E-state index contributed by atoms with van der Waals surface area (Å²) in [5.41, 5.74) is 1.14. The molecule has 0 aromatic carbocycles. The van der Waals surface area contributed by atoms with Gasteiger partial charge < -0.3 is 9.73 Å². The molecule has 1 saturated heterocycles. The van der Waals surface area contributed by atoms with Gasteiger partial charge in [-0.25, -0.2) is 5.14 Å². The number of carbonyl (C=O) groups excluding carboxylic acids is 1. The predicted molar refractivity (Wildman–Crippen MR) is 93.8 cm³/mol. The minimum atomic E-state index is -3.67. The second kappa shape index (κ2) is 6.41. The summed E-state index contributed by atoms with van der Waals surface area (Å²) < 4.78 is 29.8. The predicted octanol–water partition coefficient (Wildman–Crippen LogP) is 1.63. The van der Waals surface area contributed by atoms with Gasteiger partial charge in [-0.15, -0.1) is 0 Å². The van der Waals surface area contributed by atoms with Gasteiger partial charge in [0.15, 0.2) is 0 Å². The number of rotatable bonds is 3. The number of carbonyl (C=O) groups is 1. The van der Waals surface area contributed by atoms with Crippen LogP contribution in [0.5, 0.6) is 0 Å². The van der Waals surface area contributed by atoms with E-state index in [0.29, 0.717) is 25.9 Å². The standard InChI is InChI=1S/C17H27N3O4S/c1-11-8-13-14(9-17(2,3)10-15(13)24-11)19-16(21)12-4-6-20(7-5-12)25(18,22)23/h8,12,14H,4-7,9-10H2,1-3H3,(H,19,21)(H2,18,22,23)/t14-/m1/s1. The van der Waals surface area contributed by atoms with Crippen LogP contribution in [0.1, 0.15) is 56.2 Å². The Morgan fingerprint density at radius 2 is 2.00 bits per heavy atom. The van der Waals surface area contributed by atoms with Crippen LogP contribution in [0.4, 0.5) is 0 Å². The van der Waals surface area contributed by atoms with Crippen molar-refractivity contribution in [3.8, 4) is 0 Å². The van der Waals surface area contributed by atoms with Gasteiger partial charge in [-0.05, 0) is 37.7 Å². The van der Waals surface area contributed by atoms with Crippen molar-refractivity contribution in [1.82, 2.24) is 9.62 Å². The Morgan fingerprint density at radius 1 is 1.36 bits per heavy atom. The minimum absolute atomic E-state index is 0.0124. The lowest BCUT2D eigenvalue weighted by Gasteiger charge is -2.36. The lowest BCUT2D eigenvalue weighted by atomic mass is 9.74. The van der Waals surface area contributed by atoms with Crippen molar-refractivity contribution in [2.45, 2.75) is 52.5 Å². The van der Waals surface area contributed by atoms with Gasteiger partial charge in [0, 0.05) is 31.0 Å². The second-order valence-electron chi connectivity index (χ2n) is 8.06. The van der Waals surface area contributed by atoms with Crippen molar-refractivity contribution in [3.05, 3.63) is 23.2 Å². The van der Waals surface area contributed by atoms with Gasteiger partial charge in [-0.3, -0.25) is 4.79 Å². The molecular formula is C17H27N3O4S. The van der Waals surface area contributed by atoms with Crippen LogP contribution in [0.3, 0.4) is 0 Å². The number of furan rings is 1. The number of piperidine rings is 1. The average molecular weight is 369 g/mol. The number of hydrogen-bond donors (Lipinski definition) is 2. The third-order valence-corrected chi connectivity index (χ3v) is 6.32. The molecular weight excluding hydrogens is 342 g/mol. The molecule has 25 heavy (non-hydrogen) atoms. The number of nitrogens with zero attached hydrogens (tertiary/aromatic N) is 1. The molecule has 1 aliphatic carbocycles. The fourth-order valence-electron chi connectivity index (χ4n) is 3.98. The Kier molecular flexibility index (Phi) is 4.72. The van der Waals surface area contributed by atoms with E-state index in [1.807, 2.05) is 13.0 Å². The van der Waals surface area contributed by atoms with E-state index < -0.39 is 10.2 Å². The molecule has 2 aliphatic rings. The molecule has 0 bridgehead atoms. The van der Waals surface area contributed by atoms with Crippen molar-refractivity contribution < 1.29 is 17.6 Å². The number of fused-ring (bicyclic) bond motifs is 1. The summed E-state index contributed by atoms with van der Waals surface area (Å²) in [7, 11) is -3.67. The van der Waals surface area contributed by atoms with Crippen molar-refractivity contribution in [3.63, 3.8) is 0 Å². The van der Waals surface area contributed by atoms with Crippen LogP contribution >= 0.6 is 0 Å². The average Bonchev–Trinajstić information content (AvgIpc) is 2.85. The Labute approximate surface area is 149 Å². The summed E-state index contributed by atoms with van der Waals surface area (Å²) in [6, 6.07) is 1.96. The molecule has 1 aliphatic heterocycles. The largest absolute Gasteiger partial charge is 0.466 e. The van der Waals surface area contributed by atoms with Crippen LogP contribution in [0.25, 0.3) is 0 Å². The molecule has 1 aromatic heterocycles. The van der Waals surface area contributed by atoms with Crippen LogP contribution in [0.2, 0.25) is 0 Å². The van der Waals surface area contributed by atoms with Crippen molar-refractivity contribution >= 4 is 16.1 Å². The maximum atomic E-state index is 12.7. The van der Waals surface area contributed by atoms with Crippen LogP contribution < -0.4 is 10.5 Å². The highest BCUT2D eigenvalue weighted by Gasteiger charge is 2.37. The zero-order valence-electron chi connectivity index (χ0n) is 15.0. The third kappa shape index (κ3) is 4.07. The zero-order chi connectivity index (χ0) is 18.4. The molecule has 1 amide bonds. The fourth-order valence-corrected chi connectivity index (χ4v) is 4.70. The Hall–Kier alpha value is -1.38. The monoisotopic (exact) mass is 369 g/mol. The molecule has 1 atom stereocenters. The first kappa shape index (κ1) is 18.4. The SMILES string of the molecule is Cc1cc2c(o1)CC(C)(C)C[C@H]2NC(=O)C1CCN(S(N)(=O)=O)CC1. The van der Waals surface area contributed by atoms with Crippen molar-refractivity contribution in [2.24, 2.45) is 16.5 Å². The topological polar surface area (TPSA) is 106 Å². The second-order valence-corrected chi connectivity index (χ2v) is 9.61. The number of nitrogens with one attached hydrogen (secondary N) is 1. The summed E-state index contributed by atoms with van der Waals surface area (Å²) in [6.07, 6.45) is 2.72. The van der Waals surface area contributed by atoms with Gasteiger partial charge in [0.25, 0.3) is 10.2 Å². The highest BCUT2D eigenvalue weighted by molar-refractivity contribution is 7.86. The first-order valence-electron chi connectivity index (χ1n) is 8.73. The van der Waals surface area contributed by atoms with Gasteiger partial charge in [0.1, 0.15) is 11.5 Å². The normalized spacial score (nSPS) is 24.7. The Morgan fingerprint density at radius 3 is 2.60 bits per heavy atom. The molecule has 8 heteroatoms.